The Morgan fingerprint density at radius 3 is 2.27 bits per heavy atom. The fourth-order valence-corrected chi connectivity index (χ4v) is 4.64. The topological polar surface area (TPSA) is 108 Å². The van der Waals surface area contributed by atoms with Gasteiger partial charge in [0, 0.05) is 18.4 Å². The third-order valence-corrected chi connectivity index (χ3v) is 6.37. The van der Waals surface area contributed by atoms with Gasteiger partial charge in [0.05, 0.1) is 38.3 Å². The largest absolute Gasteiger partial charge is 0.396 e. The SMILES string of the molecule is Nc1ncnc2c1ncn2[C@H]1[C@H](CO)[C@H](COCc2ccccc2)[C@@H]1OCc1ccccc1. The predicted molar refractivity (Wildman–Crippen MR) is 124 cm³/mol. The van der Waals surface area contributed by atoms with Gasteiger partial charge in [-0.1, -0.05) is 60.7 Å². The second kappa shape index (κ2) is 9.66. The third kappa shape index (κ3) is 4.32. The van der Waals surface area contributed by atoms with Gasteiger partial charge in [-0.05, 0) is 11.1 Å². The Balaban J connectivity index is 1.37. The van der Waals surface area contributed by atoms with Crippen molar-refractivity contribution in [1.82, 2.24) is 19.5 Å². The maximum atomic E-state index is 10.3. The van der Waals surface area contributed by atoms with Crippen molar-refractivity contribution in [2.24, 2.45) is 11.8 Å². The number of anilines is 1. The molecule has 5 rings (SSSR count). The van der Waals surface area contributed by atoms with Gasteiger partial charge in [-0.2, -0.15) is 0 Å². The van der Waals surface area contributed by atoms with Crippen LogP contribution in [0.25, 0.3) is 11.2 Å². The Morgan fingerprint density at radius 2 is 1.58 bits per heavy atom. The lowest BCUT2D eigenvalue weighted by Crippen LogP contribution is -2.56. The van der Waals surface area contributed by atoms with Gasteiger partial charge >= 0.3 is 0 Å². The summed E-state index contributed by atoms with van der Waals surface area (Å²) in [5.41, 5.74) is 9.39. The number of ether oxygens (including phenoxy) is 2. The first-order chi connectivity index (χ1) is 16.3. The Morgan fingerprint density at radius 1 is 0.879 bits per heavy atom. The van der Waals surface area contributed by atoms with E-state index in [9.17, 15) is 5.11 Å². The van der Waals surface area contributed by atoms with Crippen molar-refractivity contribution >= 4 is 17.0 Å². The summed E-state index contributed by atoms with van der Waals surface area (Å²) in [6, 6.07) is 20.0. The van der Waals surface area contributed by atoms with Crippen molar-refractivity contribution in [3.8, 4) is 0 Å². The average molecular weight is 446 g/mol. The zero-order valence-corrected chi connectivity index (χ0v) is 18.2. The van der Waals surface area contributed by atoms with Crippen LogP contribution in [0, 0.1) is 11.8 Å². The molecule has 8 heteroatoms. The average Bonchev–Trinajstić information content (AvgIpc) is 3.27. The molecule has 8 nitrogen and oxygen atoms in total. The van der Waals surface area contributed by atoms with Gasteiger partial charge in [-0.3, -0.25) is 0 Å². The molecule has 2 heterocycles. The lowest BCUT2D eigenvalue weighted by molar-refractivity contribution is -0.171. The third-order valence-electron chi connectivity index (χ3n) is 6.37. The number of hydrogen-bond donors (Lipinski definition) is 2. The molecule has 0 bridgehead atoms. The molecular formula is C25H27N5O3. The number of nitrogen functional groups attached to an aromatic ring is 1. The Labute approximate surface area is 192 Å². The van der Waals surface area contributed by atoms with Crippen molar-refractivity contribution in [3.05, 3.63) is 84.4 Å². The van der Waals surface area contributed by atoms with E-state index < -0.39 is 0 Å². The number of fused-ring (bicyclic) bond motifs is 1. The van der Waals surface area contributed by atoms with E-state index in [1.807, 2.05) is 65.2 Å². The van der Waals surface area contributed by atoms with Gasteiger partial charge in [0.1, 0.15) is 11.8 Å². The molecule has 1 fully saturated rings. The van der Waals surface area contributed by atoms with Crippen molar-refractivity contribution in [2.75, 3.05) is 18.9 Å². The van der Waals surface area contributed by atoms with Crippen molar-refractivity contribution in [3.63, 3.8) is 0 Å². The van der Waals surface area contributed by atoms with Gasteiger partial charge in [0.2, 0.25) is 0 Å². The molecule has 0 unspecified atom stereocenters. The first kappa shape index (κ1) is 21.5. The minimum Gasteiger partial charge on any atom is -0.396 e. The number of aromatic nitrogens is 4. The molecule has 2 aromatic heterocycles. The number of nitrogens with zero attached hydrogens (tertiary/aromatic N) is 4. The quantitative estimate of drug-likeness (QED) is 0.408. The summed E-state index contributed by atoms with van der Waals surface area (Å²) in [6.45, 7) is 1.48. The number of rotatable bonds is 9. The fourth-order valence-electron chi connectivity index (χ4n) is 4.64. The zero-order valence-electron chi connectivity index (χ0n) is 18.2. The highest BCUT2D eigenvalue weighted by Gasteiger charge is 2.52. The highest BCUT2D eigenvalue weighted by molar-refractivity contribution is 5.81. The molecule has 170 valence electrons. The standard InChI is InChI=1S/C25H27N5O3/c26-24-21-25(28-15-27-24)30(16-29-21)22-19(11-31)20(14-32-12-17-7-3-1-4-8-17)23(22)33-13-18-9-5-2-6-10-18/h1-10,15-16,19-20,22-23,31H,11-14H2,(H2,26,27,28)/t19-,20+,22+,23+/m1/s1. The number of nitrogens with two attached hydrogens (primary N) is 1. The summed E-state index contributed by atoms with van der Waals surface area (Å²) < 4.78 is 14.4. The van der Waals surface area contributed by atoms with Crippen LogP contribution in [-0.4, -0.2) is 43.9 Å². The molecule has 33 heavy (non-hydrogen) atoms. The molecule has 4 atom stereocenters. The Hall–Kier alpha value is -3.33. The number of aliphatic hydroxyl groups is 1. The molecule has 0 aliphatic heterocycles. The molecule has 2 aromatic carbocycles. The lowest BCUT2D eigenvalue weighted by Gasteiger charge is -2.51. The molecule has 0 radical (unpaired) electrons. The Bertz CT molecular complexity index is 1180. The minimum atomic E-state index is -0.174. The summed E-state index contributed by atoms with van der Waals surface area (Å²) >= 11 is 0. The number of benzene rings is 2. The summed E-state index contributed by atoms with van der Waals surface area (Å²) in [7, 11) is 0. The normalized spacial score (nSPS) is 22.3. The molecule has 0 amide bonds. The van der Waals surface area contributed by atoms with Crippen molar-refractivity contribution in [1.29, 1.82) is 0 Å². The van der Waals surface area contributed by atoms with Crippen LogP contribution in [0.4, 0.5) is 5.82 Å². The van der Waals surface area contributed by atoms with E-state index in [4.69, 9.17) is 15.2 Å². The van der Waals surface area contributed by atoms with Gasteiger partial charge < -0.3 is 24.9 Å². The predicted octanol–water partition coefficient (Wildman–Crippen LogP) is 2.99. The van der Waals surface area contributed by atoms with Crippen LogP contribution in [0.5, 0.6) is 0 Å². The maximum absolute atomic E-state index is 10.3. The molecule has 0 saturated heterocycles. The van der Waals surface area contributed by atoms with Crippen LogP contribution >= 0.6 is 0 Å². The van der Waals surface area contributed by atoms with Crippen molar-refractivity contribution < 1.29 is 14.6 Å². The van der Waals surface area contributed by atoms with Crippen LogP contribution in [-0.2, 0) is 22.7 Å². The van der Waals surface area contributed by atoms with E-state index in [2.05, 4.69) is 15.0 Å². The summed E-state index contributed by atoms with van der Waals surface area (Å²) in [5.74, 6) is 0.308. The van der Waals surface area contributed by atoms with Crippen LogP contribution in [0.3, 0.4) is 0 Å². The van der Waals surface area contributed by atoms with Crippen LogP contribution < -0.4 is 5.73 Å². The molecule has 3 N–H and O–H groups in total. The molecule has 1 aliphatic rings. The first-order valence-corrected chi connectivity index (χ1v) is 11.1. The van der Waals surface area contributed by atoms with Crippen molar-refractivity contribution in [2.45, 2.75) is 25.4 Å². The fraction of sp³-hybridized carbons (Fsp3) is 0.320. The second-order valence-electron chi connectivity index (χ2n) is 8.35. The van der Waals surface area contributed by atoms with Crippen LogP contribution in [0.15, 0.2) is 73.3 Å². The van der Waals surface area contributed by atoms with E-state index in [1.54, 1.807) is 6.33 Å². The lowest BCUT2D eigenvalue weighted by atomic mass is 9.66. The zero-order chi connectivity index (χ0) is 22.6. The minimum absolute atomic E-state index is 0.00939. The van der Waals surface area contributed by atoms with Crippen LogP contribution in [0.2, 0.25) is 0 Å². The maximum Gasteiger partial charge on any atom is 0.165 e. The van der Waals surface area contributed by atoms with E-state index in [1.165, 1.54) is 6.33 Å². The number of imidazole rings is 1. The van der Waals surface area contributed by atoms with Gasteiger partial charge in [0.25, 0.3) is 0 Å². The van der Waals surface area contributed by atoms with E-state index in [0.29, 0.717) is 36.8 Å². The smallest absolute Gasteiger partial charge is 0.165 e. The summed E-state index contributed by atoms with van der Waals surface area (Å²) in [4.78, 5) is 12.8. The molecule has 0 spiro atoms. The number of aliphatic hydroxyl groups excluding tert-OH is 1. The molecule has 4 aromatic rings. The summed E-state index contributed by atoms with van der Waals surface area (Å²) in [6.07, 6.45) is 2.97. The van der Waals surface area contributed by atoms with E-state index >= 15 is 0 Å². The highest BCUT2D eigenvalue weighted by Crippen LogP contribution is 2.47. The van der Waals surface area contributed by atoms with E-state index in [0.717, 1.165) is 11.1 Å². The summed E-state index contributed by atoms with van der Waals surface area (Å²) in [5, 5.41) is 10.3. The van der Waals surface area contributed by atoms with Gasteiger partial charge in [-0.25, -0.2) is 15.0 Å². The van der Waals surface area contributed by atoms with Gasteiger partial charge in [0.15, 0.2) is 11.5 Å². The highest BCUT2D eigenvalue weighted by atomic mass is 16.5. The number of hydrogen-bond acceptors (Lipinski definition) is 7. The Kier molecular flexibility index (Phi) is 6.30. The first-order valence-electron chi connectivity index (χ1n) is 11.1. The second-order valence-corrected chi connectivity index (χ2v) is 8.35. The van der Waals surface area contributed by atoms with Crippen LogP contribution in [0.1, 0.15) is 17.2 Å². The monoisotopic (exact) mass is 445 g/mol. The van der Waals surface area contributed by atoms with Gasteiger partial charge in [-0.15, -0.1) is 0 Å². The molecular weight excluding hydrogens is 418 g/mol. The molecule has 1 aliphatic carbocycles. The molecule has 1 saturated carbocycles. The van der Waals surface area contributed by atoms with E-state index in [-0.39, 0.29) is 30.6 Å².